The van der Waals surface area contributed by atoms with Crippen LogP contribution in [0.15, 0.2) is 23.8 Å². The van der Waals surface area contributed by atoms with E-state index < -0.39 is 0 Å². The molecule has 0 saturated carbocycles. The molecule has 0 unspecified atom stereocenters. The lowest BCUT2D eigenvalue weighted by molar-refractivity contribution is 0.306. The molecule has 19 heavy (non-hydrogen) atoms. The summed E-state index contributed by atoms with van der Waals surface area (Å²) in [5.41, 5.74) is 4.41. The Labute approximate surface area is 121 Å². The summed E-state index contributed by atoms with van der Waals surface area (Å²) in [7, 11) is 0. The smallest absolute Gasteiger partial charge is 0.141 e. The lowest BCUT2D eigenvalue weighted by Gasteiger charge is -2.14. The van der Waals surface area contributed by atoms with Gasteiger partial charge in [0, 0.05) is 11.8 Å². The van der Waals surface area contributed by atoms with Crippen LogP contribution < -0.4 is 10.1 Å². The number of fused-ring (bicyclic) bond motifs is 1. The van der Waals surface area contributed by atoms with E-state index >= 15 is 0 Å². The number of thiazole rings is 1. The van der Waals surface area contributed by atoms with Crippen molar-refractivity contribution < 1.29 is 4.74 Å². The molecule has 0 atom stereocenters. The van der Waals surface area contributed by atoms with Gasteiger partial charge in [-0.3, -0.25) is 4.98 Å². The third-order valence-corrected chi connectivity index (χ3v) is 4.33. The molecule has 0 fully saturated rings. The van der Waals surface area contributed by atoms with Gasteiger partial charge in [-0.2, -0.15) is 0 Å². The second-order valence-electron chi connectivity index (χ2n) is 4.52. The van der Waals surface area contributed by atoms with Crippen LogP contribution in [0.3, 0.4) is 0 Å². The van der Waals surface area contributed by atoms with Gasteiger partial charge < -0.3 is 10.1 Å². The van der Waals surface area contributed by atoms with Gasteiger partial charge in [0.25, 0.3) is 0 Å². The van der Waals surface area contributed by atoms with Crippen molar-refractivity contribution >= 4 is 22.9 Å². The van der Waals surface area contributed by atoms with Crippen LogP contribution in [0.4, 0.5) is 0 Å². The Balaban J connectivity index is 1.86. The van der Waals surface area contributed by atoms with Gasteiger partial charge in [0.2, 0.25) is 0 Å². The van der Waals surface area contributed by atoms with Crippen molar-refractivity contribution in [2.24, 2.45) is 0 Å². The van der Waals surface area contributed by atoms with Crippen molar-refractivity contribution in [3.63, 3.8) is 0 Å². The highest BCUT2D eigenvalue weighted by Gasteiger charge is 2.16. The average Bonchev–Trinajstić information content (AvgIpc) is 2.82. The van der Waals surface area contributed by atoms with Crippen LogP contribution in [0.2, 0.25) is 5.02 Å². The number of nitrogens with one attached hydrogen (secondary N) is 1. The van der Waals surface area contributed by atoms with Crippen LogP contribution in [0.25, 0.3) is 0 Å². The lowest BCUT2D eigenvalue weighted by atomic mass is 10.0. The van der Waals surface area contributed by atoms with E-state index in [4.69, 9.17) is 16.3 Å². The van der Waals surface area contributed by atoms with Gasteiger partial charge in [0.1, 0.15) is 12.4 Å². The third-order valence-electron chi connectivity index (χ3n) is 3.27. The Morgan fingerprint density at radius 2 is 2.21 bits per heavy atom. The molecule has 0 spiro atoms. The van der Waals surface area contributed by atoms with Gasteiger partial charge in [0.05, 0.1) is 15.4 Å². The highest BCUT2D eigenvalue weighted by atomic mass is 35.5. The SMILES string of the molecule is Clc1ccc2c(c1OCc1cncs1)CCNCC2. The molecule has 1 aliphatic rings. The summed E-state index contributed by atoms with van der Waals surface area (Å²) >= 11 is 7.90. The fraction of sp³-hybridized carbons (Fsp3) is 0.357. The molecule has 1 aliphatic heterocycles. The van der Waals surface area contributed by atoms with E-state index in [9.17, 15) is 0 Å². The van der Waals surface area contributed by atoms with E-state index in [2.05, 4.69) is 16.4 Å². The summed E-state index contributed by atoms with van der Waals surface area (Å²) in [6, 6.07) is 4.05. The number of aromatic nitrogens is 1. The normalized spacial score (nSPS) is 14.8. The van der Waals surface area contributed by atoms with Gasteiger partial charge in [-0.15, -0.1) is 11.3 Å². The van der Waals surface area contributed by atoms with E-state index in [-0.39, 0.29) is 0 Å². The van der Waals surface area contributed by atoms with E-state index in [1.165, 1.54) is 11.1 Å². The molecule has 1 N–H and O–H groups in total. The monoisotopic (exact) mass is 294 g/mol. The fourth-order valence-corrected chi connectivity index (χ4v) is 3.06. The van der Waals surface area contributed by atoms with Crippen molar-refractivity contribution in [1.82, 2.24) is 10.3 Å². The Morgan fingerprint density at radius 1 is 1.32 bits per heavy atom. The summed E-state index contributed by atoms with van der Waals surface area (Å²) in [4.78, 5) is 5.17. The zero-order valence-electron chi connectivity index (χ0n) is 10.5. The van der Waals surface area contributed by atoms with Crippen molar-refractivity contribution in [1.29, 1.82) is 0 Å². The first-order valence-electron chi connectivity index (χ1n) is 6.36. The number of rotatable bonds is 3. The van der Waals surface area contributed by atoms with Gasteiger partial charge >= 0.3 is 0 Å². The van der Waals surface area contributed by atoms with E-state index in [0.717, 1.165) is 36.6 Å². The zero-order valence-corrected chi connectivity index (χ0v) is 12.1. The summed E-state index contributed by atoms with van der Waals surface area (Å²) < 4.78 is 5.95. The number of benzene rings is 1. The Hall–Kier alpha value is -1.10. The van der Waals surface area contributed by atoms with Gasteiger partial charge in [-0.1, -0.05) is 17.7 Å². The molecule has 0 aliphatic carbocycles. The Bertz CT molecular complexity index is 557. The van der Waals surface area contributed by atoms with E-state index in [1.807, 2.05) is 17.8 Å². The summed E-state index contributed by atoms with van der Waals surface area (Å²) in [5, 5.41) is 4.10. The minimum Gasteiger partial charge on any atom is -0.486 e. The first-order chi connectivity index (χ1) is 9.34. The molecule has 100 valence electrons. The average molecular weight is 295 g/mol. The van der Waals surface area contributed by atoms with Crippen molar-refractivity contribution in [3.05, 3.63) is 44.9 Å². The molecule has 0 radical (unpaired) electrons. The molecule has 2 heterocycles. The van der Waals surface area contributed by atoms with Crippen LogP contribution in [-0.4, -0.2) is 18.1 Å². The maximum atomic E-state index is 6.30. The van der Waals surface area contributed by atoms with E-state index in [0.29, 0.717) is 11.6 Å². The molecule has 0 amide bonds. The zero-order chi connectivity index (χ0) is 13.1. The standard InChI is InChI=1S/C14H15ClN2OS/c15-13-2-1-10-3-5-16-6-4-12(10)14(13)18-8-11-7-17-9-19-11/h1-2,7,9,16H,3-6,8H2. The Morgan fingerprint density at radius 3 is 3.05 bits per heavy atom. The minimum absolute atomic E-state index is 0.536. The van der Waals surface area contributed by atoms with Crippen LogP contribution in [0, 0.1) is 0 Å². The van der Waals surface area contributed by atoms with Crippen molar-refractivity contribution in [3.8, 4) is 5.75 Å². The topological polar surface area (TPSA) is 34.1 Å². The minimum atomic E-state index is 0.536. The van der Waals surface area contributed by atoms with E-state index in [1.54, 1.807) is 11.3 Å². The predicted molar refractivity (Wildman–Crippen MR) is 78.2 cm³/mol. The molecule has 0 bridgehead atoms. The molecule has 3 rings (SSSR count). The largest absolute Gasteiger partial charge is 0.486 e. The lowest BCUT2D eigenvalue weighted by Crippen LogP contribution is -2.16. The van der Waals surface area contributed by atoms with Crippen LogP contribution in [0.1, 0.15) is 16.0 Å². The van der Waals surface area contributed by atoms with Gasteiger partial charge in [-0.25, -0.2) is 0 Å². The number of halogens is 1. The molecule has 2 aromatic rings. The number of ether oxygens (including phenoxy) is 1. The molecule has 5 heteroatoms. The number of hydrogen-bond acceptors (Lipinski definition) is 4. The van der Waals surface area contributed by atoms with Crippen LogP contribution >= 0.6 is 22.9 Å². The second kappa shape index (κ2) is 5.90. The van der Waals surface area contributed by atoms with Crippen LogP contribution in [0.5, 0.6) is 5.75 Å². The van der Waals surface area contributed by atoms with Crippen molar-refractivity contribution in [2.45, 2.75) is 19.4 Å². The molecule has 3 nitrogen and oxygen atoms in total. The molecule has 1 aromatic heterocycles. The van der Waals surface area contributed by atoms with Gasteiger partial charge in [-0.05, 0) is 37.6 Å². The number of nitrogens with zero attached hydrogens (tertiary/aromatic N) is 1. The van der Waals surface area contributed by atoms with Crippen molar-refractivity contribution in [2.75, 3.05) is 13.1 Å². The van der Waals surface area contributed by atoms with Gasteiger partial charge in [0.15, 0.2) is 0 Å². The number of hydrogen-bond donors (Lipinski definition) is 1. The first-order valence-corrected chi connectivity index (χ1v) is 7.61. The molecular weight excluding hydrogens is 280 g/mol. The highest BCUT2D eigenvalue weighted by molar-refractivity contribution is 7.09. The fourth-order valence-electron chi connectivity index (χ4n) is 2.32. The molecule has 0 saturated heterocycles. The maximum absolute atomic E-state index is 6.30. The quantitative estimate of drug-likeness (QED) is 0.945. The highest BCUT2D eigenvalue weighted by Crippen LogP contribution is 2.33. The predicted octanol–water partition coefficient (Wildman–Crippen LogP) is 3.06. The summed E-state index contributed by atoms with van der Waals surface area (Å²) in [6.45, 7) is 2.53. The molecule has 1 aromatic carbocycles. The maximum Gasteiger partial charge on any atom is 0.141 e. The summed E-state index contributed by atoms with van der Waals surface area (Å²) in [5.74, 6) is 0.844. The van der Waals surface area contributed by atoms with Crippen LogP contribution in [-0.2, 0) is 19.4 Å². The third kappa shape index (κ3) is 2.91. The Kier molecular flexibility index (Phi) is 4.01. The first kappa shape index (κ1) is 12.9. The second-order valence-corrected chi connectivity index (χ2v) is 5.90. The summed E-state index contributed by atoms with van der Waals surface area (Å²) in [6.07, 6.45) is 3.83. The molecular formula is C14H15ClN2OS.